The molecule has 0 saturated heterocycles. The number of nitrogens with one attached hydrogen (secondary N) is 1. The van der Waals surface area contributed by atoms with E-state index >= 15 is 0 Å². The number of carbonyl (C=O) groups excluding carboxylic acids is 1. The summed E-state index contributed by atoms with van der Waals surface area (Å²) in [6.45, 7) is 1.85. The van der Waals surface area contributed by atoms with Gasteiger partial charge in [-0.1, -0.05) is 66.2 Å². The molecule has 1 aromatic heterocycles. The van der Waals surface area contributed by atoms with Crippen LogP contribution in [0.1, 0.15) is 22.4 Å². The third-order valence-corrected chi connectivity index (χ3v) is 6.85. The van der Waals surface area contributed by atoms with Crippen LogP contribution in [0.15, 0.2) is 89.2 Å². The first kappa shape index (κ1) is 24.9. The molecule has 5 nitrogen and oxygen atoms in total. The number of hydrogen-bond acceptors (Lipinski definition) is 4. The summed E-state index contributed by atoms with van der Waals surface area (Å²) in [5.41, 5.74) is 11.0. The number of hydrogen-bond donors (Lipinski definition) is 2. The Kier molecular flexibility index (Phi) is 8.90. The van der Waals surface area contributed by atoms with Gasteiger partial charge in [-0.3, -0.25) is 4.79 Å². The molecule has 0 aliphatic carbocycles. The minimum absolute atomic E-state index is 0.0242. The standard InChI is InChI=1S/C28H29ClN4OS/c29-24-10-6-23(7-11-24)19-31-27(34)18-26-20-35-28(32-25-12-8-22(9-13-25)14-16-30)33(26)17-15-21-4-2-1-3-5-21/h1-13,20H,14-19,30H2,(H,31,34). The second-order valence-corrected chi connectivity index (χ2v) is 9.57. The molecule has 35 heavy (non-hydrogen) atoms. The zero-order chi connectivity index (χ0) is 24.5. The summed E-state index contributed by atoms with van der Waals surface area (Å²) in [4.78, 5) is 18.5. The molecule has 7 heteroatoms. The average Bonchev–Trinajstić information content (AvgIpc) is 3.25. The van der Waals surface area contributed by atoms with Crippen LogP contribution in [0.3, 0.4) is 0 Å². The fourth-order valence-corrected chi connectivity index (χ4v) is 4.84. The van der Waals surface area contributed by atoms with Crippen LogP contribution in [0.4, 0.5) is 5.69 Å². The maximum Gasteiger partial charge on any atom is 0.226 e. The number of nitrogens with two attached hydrogens (primary N) is 1. The summed E-state index contributed by atoms with van der Waals surface area (Å²) < 4.78 is 2.16. The molecule has 4 rings (SSSR count). The van der Waals surface area contributed by atoms with Crippen LogP contribution in [0, 0.1) is 0 Å². The summed E-state index contributed by atoms with van der Waals surface area (Å²) in [6, 6.07) is 26.0. The Bertz CT molecular complexity index is 1300. The zero-order valence-corrected chi connectivity index (χ0v) is 21.1. The first-order chi connectivity index (χ1) is 17.1. The average molecular weight is 505 g/mol. The van der Waals surface area contributed by atoms with Gasteiger partial charge in [0.25, 0.3) is 0 Å². The molecule has 0 aliphatic rings. The molecule has 0 atom stereocenters. The van der Waals surface area contributed by atoms with Crippen LogP contribution in [0.2, 0.25) is 5.02 Å². The number of halogens is 1. The van der Waals surface area contributed by atoms with Gasteiger partial charge in [0.05, 0.1) is 12.1 Å². The van der Waals surface area contributed by atoms with Gasteiger partial charge in [-0.25, -0.2) is 4.99 Å². The Morgan fingerprint density at radius 2 is 1.60 bits per heavy atom. The number of rotatable bonds is 10. The third-order valence-electron chi connectivity index (χ3n) is 5.68. The fraction of sp³-hybridized carbons (Fsp3) is 0.214. The van der Waals surface area contributed by atoms with Gasteiger partial charge in [0, 0.05) is 29.2 Å². The zero-order valence-electron chi connectivity index (χ0n) is 19.5. The molecule has 0 fully saturated rings. The molecular weight excluding hydrogens is 476 g/mol. The van der Waals surface area contributed by atoms with Crippen LogP contribution in [0.25, 0.3) is 0 Å². The lowest BCUT2D eigenvalue weighted by Crippen LogP contribution is -2.27. The van der Waals surface area contributed by atoms with E-state index < -0.39 is 0 Å². The molecule has 0 saturated carbocycles. The maximum atomic E-state index is 12.8. The van der Waals surface area contributed by atoms with Gasteiger partial charge in [-0.15, -0.1) is 11.3 Å². The normalized spacial score (nSPS) is 11.5. The summed E-state index contributed by atoms with van der Waals surface area (Å²) in [5.74, 6) is -0.0242. The quantitative estimate of drug-likeness (QED) is 0.317. The first-order valence-electron chi connectivity index (χ1n) is 11.7. The molecular formula is C28H29ClN4OS. The van der Waals surface area contributed by atoms with E-state index in [1.54, 1.807) is 11.3 Å². The van der Waals surface area contributed by atoms with Crippen molar-refractivity contribution in [3.8, 4) is 0 Å². The highest BCUT2D eigenvalue weighted by Crippen LogP contribution is 2.15. The summed E-state index contributed by atoms with van der Waals surface area (Å²) in [5, 5.41) is 5.73. The minimum atomic E-state index is -0.0242. The lowest BCUT2D eigenvalue weighted by atomic mass is 10.1. The molecule has 4 aromatic rings. The Labute approximate surface area is 214 Å². The molecule has 0 radical (unpaired) electrons. The van der Waals surface area contributed by atoms with E-state index in [1.165, 1.54) is 11.1 Å². The Hall–Kier alpha value is -3.19. The number of carbonyl (C=O) groups is 1. The van der Waals surface area contributed by atoms with Crippen molar-refractivity contribution >= 4 is 34.5 Å². The number of nitrogens with zero attached hydrogens (tertiary/aromatic N) is 2. The van der Waals surface area contributed by atoms with Gasteiger partial charge in [-0.05, 0) is 60.3 Å². The van der Waals surface area contributed by atoms with Crippen LogP contribution in [-0.2, 0) is 37.1 Å². The van der Waals surface area contributed by atoms with Gasteiger partial charge in [0.2, 0.25) is 5.91 Å². The van der Waals surface area contributed by atoms with E-state index in [2.05, 4.69) is 34.1 Å². The van der Waals surface area contributed by atoms with Gasteiger partial charge in [0.15, 0.2) is 4.80 Å². The van der Waals surface area contributed by atoms with Crippen molar-refractivity contribution in [3.05, 3.63) is 116 Å². The third kappa shape index (κ3) is 7.39. The molecule has 1 heterocycles. The maximum absolute atomic E-state index is 12.8. The lowest BCUT2D eigenvalue weighted by molar-refractivity contribution is -0.120. The molecule has 3 N–H and O–H groups in total. The number of benzene rings is 3. The Morgan fingerprint density at radius 1 is 0.914 bits per heavy atom. The van der Waals surface area contributed by atoms with Crippen LogP contribution in [-0.4, -0.2) is 17.0 Å². The number of amides is 1. The molecule has 3 aromatic carbocycles. The summed E-state index contributed by atoms with van der Waals surface area (Å²) in [6.07, 6.45) is 2.01. The fourth-order valence-electron chi connectivity index (χ4n) is 3.76. The Morgan fingerprint density at radius 3 is 2.31 bits per heavy atom. The summed E-state index contributed by atoms with van der Waals surface area (Å²) in [7, 11) is 0. The second-order valence-electron chi connectivity index (χ2n) is 8.29. The largest absolute Gasteiger partial charge is 0.352 e. The van der Waals surface area contributed by atoms with E-state index in [0.29, 0.717) is 24.5 Å². The topological polar surface area (TPSA) is 72.4 Å². The van der Waals surface area contributed by atoms with Crippen molar-refractivity contribution in [1.29, 1.82) is 0 Å². The molecule has 0 spiro atoms. The number of thiazole rings is 1. The van der Waals surface area contributed by atoms with E-state index in [9.17, 15) is 4.79 Å². The predicted molar refractivity (Wildman–Crippen MR) is 144 cm³/mol. The molecule has 180 valence electrons. The smallest absolute Gasteiger partial charge is 0.226 e. The molecule has 0 bridgehead atoms. The SMILES string of the molecule is NCCc1ccc(N=c2scc(CC(=O)NCc3ccc(Cl)cc3)n2CCc2ccccc2)cc1. The predicted octanol–water partition coefficient (Wildman–Crippen LogP) is 5.04. The van der Waals surface area contributed by atoms with Gasteiger partial charge in [0.1, 0.15) is 0 Å². The minimum Gasteiger partial charge on any atom is -0.352 e. The van der Waals surface area contributed by atoms with E-state index in [0.717, 1.165) is 41.1 Å². The lowest BCUT2D eigenvalue weighted by Gasteiger charge is -2.10. The van der Waals surface area contributed by atoms with E-state index in [1.807, 2.05) is 60.0 Å². The molecule has 0 unspecified atom stereocenters. The first-order valence-corrected chi connectivity index (χ1v) is 12.9. The molecule has 1 amide bonds. The van der Waals surface area contributed by atoms with E-state index in [-0.39, 0.29) is 5.91 Å². The Balaban J connectivity index is 1.52. The highest BCUT2D eigenvalue weighted by molar-refractivity contribution is 7.07. The van der Waals surface area contributed by atoms with Crippen LogP contribution >= 0.6 is 22.9 Å². The van der Waals surface area contributed by atoms with Crippen LogP contribution in [0.5, 0.6) is 0 Å². The summed E-state index contributed by atoms with van der Waals surface area (Å²) >= 11 is 7.51. The van der Waals surface area contributed by atoms with Crippen molar-refractivity contribution in [2.75, 3.05) is 6.54 Å². The van der Waals surface area contributed by atoms with Crippen molar-refractivity contribution in [2.24, 2.45) is 10.7 Å². The van der Waals surface area contributed by atoms with Crippen molar-refractivity contribution in [3.63, 3.8) is 0 Å². The van der Waals surface area contributed by atoms with Gasteiger partial charge >= 0.3 is 0 Å². The van der Waals surface area contributed by atoms with Crippen molar-refractivity contribution < 1.29 is 4.79 Å². The van der Waals surface area contributed by atoms with E-state index in [4.69, 9.17) is 22.3 Å². The number of aromatic nitrogens is 1. The van der Waals surface area contributed by atoms with Crippen molar-refractivity contribution in [1.82, 2.24) is 9.88 Å². The van der Waals surface area contributed by atoms with Crippen molar-refractivity contribution in [2.45, 2.75) is 32.4 Å². The monoisotopic (exact) mass is 504 g/mol. The second kappa shape index (κ2) is 12.5. The molecule has 0 aliphatic heterocycles. The van der Waals surface area contributed by atoms with Gasteiger partial charge < -0.3 is 15.6 Å². The highest BCUT2D eigenvalue weighted by atomic mass is 35.5. The highest BCUT2D eigenvalue weighted by Gasteiger charge is 2.11. The number of aryl methyl sites for hydroxylation is 1. The van der Waals surface area contributed by atoms with Crippen LogP contribution < -0.4 is 15.9 Å². The van der Waals surface area contributed by atoms with Gasteiger partial charge in [-0.2, -0.15) is 0 Å².